The van der Waals surface area contributed by atoms with Crippen molar-refractivity contribution in [2.45, 2.75) is 25.8 Å². The molecule has 0 saturated carbocycles. The van der Waals surface area contributed by atoms with Crippen molar-refractivity contribution in [1.29, 1.82) is 0 Å². The Morgan fingerprint density at radius 2 is 1.80 bits per heavy atom. The molecule has 0 aliphatic carbocycles. The van der Waals surface area contributed by atoms with Crippen LogP contribution in [0, 0.1) is 6.92 Å². The number of para-hydroxylation sites is 1. The van der Waals surface area contributed by atoms with Crippen molar-refractivity contribution in [2.24, 2.45) is 0 Å². The molecule has 0 spiro atoms. The average molecular weight is 339 g/mol. The fourth-order valence-electron chi connectivity index (χ4n) is 2.72. The van der Waals surface area contributed by atoms with E-state index in [1.165, 1.54) is 6.20 Å². The quantitative estimate of drug-likeness (QED) is 0.897. The lowest BCUT2D eigenvalue weighted by atomic mass is 10.1. The van der Waals surface area contributed by atoms with E-state index in [0.29, 0.717) is 31.6 Å². The summed E-state index contributed by atoms with van der Waals surface area (Å²) in [6, 6.07) is 9.30. The molecule has 0 unspecified atom stereocenters. The van der Waals surface area contributed by atoms with E-state index in [9.17, 15) is 9.59 Å². The zero-order valence-electron chi connectivity index (χ0n) is 14.1. The van der Waals surface area contributed by atoms with Crippen LogP contribution in [-0.2, 0) is 0 Å². The molecule has 3 rings (SSSR count). The van der Waals surface area contributed by atoms with Gasteiger partial charge in [-0.1, -0.05) is 18.2 Å². The standard InChI is InChI=1S/C18H21N5O2/c1-13-11-20-16(12-19-13)17(24)21-15-7-9-23(10-8-15)18(25)22-14-5-3-2-4-6-14/h2-6,11-12,15H,7-10H2,1H3,(H,21,24)(H,22,25). The van der Waals surface area contributed by atoms with E-state index in [0.717, 1.165) is 11.4 Å². The van der Waals surface area contributed by atoms with Crippen LogP contribution in [0.25, 0.3) is 0 Å². The molecular weight excluding hydrogens is 318 g/mol. The monoisotopic (exact) mass is 339 g/mol. The molecule has 2 N–H and O–H groups in total. The molecule has 1 aliphatic rings. The lowest BCUT2D eigenvalue weighted by Crippen LogP contribution is -2.47. The number of urea groups is 1. The minimum absolute atomic E-state index is 0.0383. The second-order valence-electron chi connectivity index (χ2n) is 6.07. The second-order valence-corrected chi connectivity index (χ2v) is 6.07. The molecule has 1 aliphatic heterocycles. The van der Waals surface area contributed by atoms with E-state index >= 15 is 0 Å². The molecule has 0 atom stereocenters. The molecule has 3 amide bonds. The van der Waals surface area contributed by atoms with Crippen LogP contribution in [0.15, 0.2) is 42.7 Å². The van der Waals surface area contributed by atoms with E-state index in [4.69, 9.17) is 0 Å². The van der Waals surface area contributed by atoms with Crippen LogP contribution < -0.4 is 10.6 Å². The Morgan fingerprint density at radius 1 is 1.08 bits per heavy atom. The molecule has 7 heteroatoms. The number of piperidine rings is 1. The molecule has 2 aromatic rings. The highest BCUT2D eigenvalue weighted by atomic mass is 16.2. The Morgan fingerprint density at radius 3 is 2.44 bits per heavy atom. The number of benzene rings is 1. The van der Waals surface area contributed by atoms with E-state index in [2.05, 4.69) is 20.6 Å². The molecule has 25 heavy (non-hydrogen) atoms. The minimum Gasteiger partial charge on any atom is -0.348 e. The first-order valence-electron chi connectivity index (χ1n) is 8.32. The molecule has 2 heterocycles. The third-order valence-corrected chi connectivity index (χ3v) is 4.16. The maximum Gasteiger partial charge on any atom is 0.321 e. The number of amides is 3. The van der Waals surface area contributed by atoms with Crippen molar-refractivity contribution < 1.29 is 9.59 Å². The highest BCUT2D eigenvalue weighted by Gasteiger charge is 2.24. The van der Waals surface area contributed by atoms with Gasteiger partial charge in [0.2, 0.25) is 0 Å². The van der Waals surface area contributed by atoms with Crippen molar-refractivity contribution in [3.63, 3.8) is 0 Å². The van der Waals surface area contributed by atoms with Crippen molar-refractivity contribution in [3.05, 3.63) is 54.1 Å². The molecule has 7 nitrogen and oxygen atoms in total. The van der Waals surface area contributed by atoms with Crippen molar-refractivity contribution in [3.8, 4) is 0 Å². The number of nitrogens with zero attached hydrogens (tertiary/aromatic N) is 3. The topological polar surface area (TPSA) is 87.2 Å². The highest BCUT2D eigenvalue weighted by Crippen LogP contribution is 2.13. The molecule has 130 valence electrons. The van der Waals surface area contributed by atoms with Gasteiger partial charge in [-0.2, -0.15) is 0 Å². The number of carbonyl (C=O) groups is 2. The van der Waals surface area contributed by atoms with Crippen molar-refractivity contribution >= 4 is 17.6 Å². The number of carbonyl (C=O) groups excluding carboxylic acids is 2. The fourth-order valence-corrected chi connectivity index (χ4v) is 2.72. The van der Waals surface area contributed by atoms with Crippen LogP contribution >= 0.6 is 0 Å². The van der Waals surface area contributed by atoms with Gasteiger partial charge < -0.3 is 15.5 Å². The van der Waals surface area contributed by atoms with Crippen LogP contribution in [0.3, 0.4) is 0 Å². The normalized spacial score (nSPS) is 14.8. The fraction of sp³-hybridized carbons (Fsp3) is 0.333. The first-order valence-corrected chi connectivity index (χ1v) is 8.32. The molecule has 0 bridgehead atoms. The summed E-state index contributed by atoms with van der Waals surface area (Å²) in [6.45, 7) is 3.03. The number of rotatable bonds is 3. The van der Waals surface area contributed by atoms with Gasteiger partial charge in [0.15, 0.2) is 0 Å². The van der Waals surface area contributed by atoms with Gasteiger partial charge in [0.1, 0.15) is 5.69 Å². The molecule has 1 aromatic heterocycles. The van der Waals surface area contributed by atoms with Gasteiger partial charge in [0.05, 0.1) is 11.9 Å². The van der Waals surface area contributed by atoms with Crippen LogP contribution in [0.2, 0.25) is 0 Å². The molecular formula is C18H21N5O2. The summed E-state index contributed by atoms with van der Waals surface area (Å²) in [4.78, 5) is 34.4. The predicted octanol–water partition coefficient (Wildman–Crippen LogP) is 2.21. The Bertz CT molecular complexity index is 725. The molecule has 1 aromatic carbocycles. The van der Waals surface area contributed by atoms with Gasteiger partial charge >= 0.3 is 6.03 Å². The zero-order chi connectivity index (χ0) is 17.6. The SMILES string of the molecule is Cc1cnc(C(=O)NC2CCN(C(=O)Nc3ccccc3)CC2)cn1. The highest BCUT2D eigenvalue weighted by molar-refractivity contribution is 5.92. The third-order valence-electron chi connectivity index (χ3n) is 4.16. The minimum atomic E-state index is -0.223. The first-order chi connectivity index (χ1) is 12.1. The lowest BCUT2D eigenvalue weighted by Gasteiger charge is -2.32. The number of likely N-dealkylation sites (tertiary alicyclic amines) is 1. The predicted molar refractivity (Wildman–Crippen MR) is 94.3 cm³/mol. The Kier molecular flexibility index (Phi) is 5.23. The largest absolute Gasteiger partial charge is 0.348 e. The van der Waals surface area contributed by atoms with Gasteiger partial charge in [-0.15, -0.1) is 0 Å². The van der Waals surface area contributed by atoms with E-state index in [-0.39, 0.29) is 18.0 Å². The Labute approximate surface area is 146 Å². The number of aromatic nitrogens is 2. The number of anilines is 1. The first kappa shape index (κ1) is 16.9. The smallest absolute Gasteiger partial charge is 0.321 e. The molecule has 1 fully saturated rings. The summed E-state index contributed by atoms with van der Waals surface area (Å²) in [6.07, 6.45) is 4.49. The molecule has 0 radical (unpaired) electrons. The van der Waals surface area contributed by atoms with Gasteiger partial charge in [-0.3, -0.25) is 9.78 Å². The zero-order valence-corrected chi connectivity index (χ0v) is 14.1. The maximum absolute atomic E-state index is 12.3. The number of hydrogen-bond donors (Lipinski definition) is 2. The van der Waals surface area contributed by atoms with E-state index < -0.39 is 0 Å². The van der Waals surface area contributed by atoms with Crippen LogP contribution in [0.4, 0.5) is 10.5 Å². The summed E-state index contributed by atoms with van der Waals surface area (Å²) >= 11 is 0. The summed E-state index contributed by atoms with van der Waals surface area (Å²) in [5, 5.41) is 5.84. The number of nitrogens with one attached hydrogen (secondary N) is 2. The van der Waals surface area contributed by atoms with E-state index in [1.54, 1.807) is 11.1 Å². The summed E-state index contributed by atoms with van der Waals surface area (Å²) in [5.41, 5.74) is 1.87. The molecule has 1 saturated heterocycles. The summed E-state index contributed by atoms with van der Waals surface area (Å²) < 4.78 is 0. The summed E-state index contributed by atoms with van der Waals surface area (Å²) in [7, 11) is 0. The average Bonchev–Trinajstić information content (AvgIpc) is 2.63. The summed E-state index contributed by atoms with van der Waals surface area (Å²) in [5.74, 6) is -0.223. The van der Waals surface area contributed by atoms with Gasteiger partial charge in [0.25, 0.3) is 5.91 Å². The maximum atomic E-state index is 12.3. The Hall–Kier alpha value is -2.96. The van der Waals surface area contributed by atoms with Crippen LogP contribution in [-0.4, -0.2) is 45.9 Å². The van der Waals surface area contributed by atoms with Crippen molar-refractivity contribution in [1.82, 2.24) is 20.2 Å². The van der Waals surface area contributed by atoms with Crippen LogP contribution in [0.5, 0.6) is 0 Å². The van der Waals surface area contributed by atoms with Crippen LogP contribution in [0.1, 0.15) is 29.0 Å². The van der Waals surface area contributed by atoms with Gasteiger partial charge in [-0.05, 0) is 31.9 Å². The van der Waals surface area contributed by atoms with E-state index in [1.807, 2.05) is 37.3 Å². The lowest BCUT2D eigenvalue weighted by molar-refractivity contribution is 0.0913. The number of aryl methyl sites for hydroxylation is 1. The van der Waals surface area contributed by atoms with Crippen molar-refractivity contribution in [2.75, 3.05) is 18.4 Å². The van der Waals surface area contributed by atoms with Gasteiger partial charge in [0, 0.05) is 31.0 Å². The second kappa shape index (κ2) is 7.74. The Balaban J connectivity index is 1.47. The number of hydrogen-bond acceptors (Lipinski definition) is 4. The third kappa shape index (κ3) is 4.53. The van der Waals surface area contributed by atoms with Gasteiger partial charge in [-0.25, -0.2) is 9.78 Å².